The average Bonchev–Trinajstić information content (AvgIpc) is 2.46. The molecule has 0 bridgehead atoms. The molecule has 1 N–H and O–H groups in total. The molecule has 0 aromatic heterocycles. The van der Waals surface area contributed by atoms with Gasteiger partial charge in [-0.05, 0) is 42.9 Å². The average molecular weight is 291 g/mol. The number of ether oxygens (including phenoxy) is 1. The van der Waals surface area contributed by atoms with Gasteiger partial charge in [-0.2, -0.15) is 0 Å². The highest BCUT2D eigenvalue weighted by Gasteiger charge is 2.22. The molecule has 0 saturated carbocycles. The van der Waals surface area contributed by atoms with Crippen LogP contribution in [0.5, 0.6) is 0 Å². The van der Waals surface area contributed by atoms with Crippen LogP contribution in [-0.2, 0) is 11.2 Å². The minimum absolute atomic E-state index is 0.246. The van der Waals surface area contributed by atoms with Crippen molar-refractivity contribution in [2.45, 2.75) is 65.5 Å². The first-order chi connectivity index (χ1) is 10.1. The molecule has 120 valence electrons. The maximum absolute atomic E-state index is 5.76. The summed E-state index contributed by atoms with van der Waals surface area (Å²) in [6, 6.07) is 9.31. The van der Waals surface area contributed by atoms with Gasteiger partial charge in [0.15, 0.2) is 0 Å². The standard InChI is InChI=1S/C19H33NO/c1-6-9-18(21-5)19(20-12-7-2)17-11-8-10-16(14-17)13-15(3)4/h8,10-11,14-15,18-20H,6-7,9,12-13H2,1-5H3. The lowest BCUT2D eigenvalue weighted by atomic mass is 9.94. The van der Waals surface area contributed by atoms with Crippen LogP contribution in [-0.4, -0.2) is 19.8 Å². The number of hydrogen-bond donors (Lipinski definition) is 1. The highest BCUT2D eigenvalue weighted by molar-refractivity contribution is 5.27. The SMILES string of the molecule is CCCNC(c1cccc(CC(C)C)c1)C(CCC)OC. The molecule has 0 aliphatic carbocycles. The lowest BCUT2D eigenvalue weighted by Gasteiger charge is -2.28. The van der Waals surface area contributed by atoms with Crippen LogP contribution >= 0.6 is 0 Å². The van der Waals surface area contributed by atoms with Crippen LogP contribution in [0, 0.1) is 5.92 Å². The molecule has 21 heavy (non-hydrogen) atoms. The third-order valence-electron chi connectivity index (χ3n) is 3.82. The van der Waals surface area contributed by atoms with Crippen molar-refractivity contribution >= 4 is 0 Å². The van der Waals surface area contributed by atoms with E-state index in [1.54, 1.807) is 0 Å². The lowest BCUT2D eigenvalue weighted by molar-refractivity contribution is 0.0606. The summed E-state index contributed by atoms with van der Waals surface area (Å²) < 4.78 is 5.76. The Labute approximate surface area is 131 Å². The van der Waals surface area contributed by atoms with Crippen molar-refractivity contribution in [1.82, 2.24) is 5.32 Å². The van der Waals surface area contributed by atoms with E-state index in [-0.39, 0.29) is 6.10 Å². The second kappa shape index (κ2) is 9.97. The van der Waals surface area contributed by atoms with Gasteiger partial charge in [-0.1, -0.05) is 58.4 Å². The number of methoxy groups -OCH3 is 1. The molecule has 2 heteroatoms. The lowest BCUT2D eigenvalue weighted by Crippen LogP contribution is -2.34. The minimum Gasteiger partial charge on any atom is -0.379 e. The van der Waals surface area contributed by atoms with Crippen LogP contribution in [0.4, 0.5) is 0 Å². The second-order valence-electron chi connectivity index (χ2n) is 6.34. The van der Waals surface area contributed by atoms with E-state index >= 15 is 0 Å². The third kappa shape index (κ3) is 6.19. The molecule has 0 saturated heterocycles. The summed E-state index contributed by atoms with van der Waals surface area (Å²) in [5.41, 5.74) is 2.79. The van der Waals surface area contributed by atoms with Crippen molar-refractivity contribution in [2.75, 3.05) is 13.7 Å². The first-order valence-corrected chi connectivity index (χ1v) is 8.47. The summed E-state index contributed by atoms with van der Waals surface area (Å²) >= 11 is 0. The molecular formula is C19H33NO. The highest BCUT2D eigenvalue weighted by Crippen LogP contribution is 2.24. The Morgan fingerprint density at radius 2 is 1.90 bits per heavy atom. The van der Waals surface area contributed by atoms with E-state index in [1.165, 1.54) is 11.1 Å². The van der Waals surface area contributed by atoms with Gasteiger partial charge < -0.3 is 10.1 Å². The van der Waals surface area contributed by atoms with Gasteiger partial charge in [-0.3, -0.25) is 0 Å². The molecule has 0 heterocycles. The summed E-state index contributed by atoms with van der Waals surface area (Å²) in [5.74, 6) is 0.691. The molecule has 0 radical (unpaired) electrons. The van der Waals surface area contributed by atoms with Crippen molar-refractivity contribution in [3.05, 3.63) is 35.4 Å². The van der Waals surface area contributed by atoms with Gasteiger partial charge in [0.1, 0.15) is 0 Å². The molecule has 0 spiro atoms. The smallest absolute Gasteiger partial charge is 0.0765 e. The van der Waals surface area contributed by atoms with Crippen molar-refractivity contribution in [2.24, 2.45) is 5.92 Å². The predicted octanol–water partition coefficient (Wildman–Crippen LogP) is 4.74. The van der Waals surface area contributed by atoms with Gasteiger partial charge in [0.05, 0.1) is 12.1 Å². The molecule has 1 aromatic carbocycles. The third-order valence-corrected chi connectivity index (χ3v) is 3.82. The fourth-order valence-corrected chi connectivity index (χ4v) is 2.85. The number of benzene rings is 1. The van der Waals surface area contributed by atoms with Crippen molar-refractivity contribution in [1.29, 1.82) is 0 Å². The predicted molar refractivity (Wildman–Crippen MR) is 91.7 cm³/mol. The zero-order chi connectivity index (χ0) is 15.7. The molecule has 2 unspecified atom stereocenters. The number of nitrogens with one attached hydrogen (secondary N) is 1. The molecule has 1 aromatic rings. The quantitative estimate of drug-likeness (QED) is 0.672. The summed E-state index contributed by atoms with van der Waals surface area (Å²) in [6.07, 6.45) is 4.77. The highest BCUT2D eigenvalue weighted by atomic mass is 16.5. The van der Waals surface area contributed by atoms with Crippen molar-refractivity contribution in [3.63, 3.8) is 0 Å². The first-order valence-electron chi connectivity index (χ1n) is 8.47. The Hall–Kier alpha value is -0.860. The van der Waals surface area contributed by atoms with Crippen LogP contribution in [0.15, 0.2) is 24.3 Å². The second-order valence-corrected chi connectivity index (χ2v) is 6.34. The maximum atomic E-state index is 5.76. The molecule has 0 aliphatic heterocycles. The summed E-state index contributed by atoms with van der Waals surface area (Å²) in [7, 11) is 1.83. The molecule has 0 fully saturated rings. The van der Waals surface area contributed by atoms with Gasteiger partial charge in [0, 0.05) is 7.11 Å². The van der Waals surface area contributed by atoms with Gasteiger partial charge >= 0.3 is 0 Å². The van der Waals surface area contributed by atoms with E-state index in [4.69, 9.17) is 4.74 Å². The van der Waals surface area contributed by atoms with E-state index in [9.17, 15) is 0 Å². The fourth-order valence-electron chi connectivity index (χ4n) is 2.85. The van der Waals surface area contributed by atoms with E-state index in [1.807, 2.05) is 7.11 Å². The first kappa shape index (κ1) is 18.2. The van der Waals surface area contributed by atoms with Crippen LogP contribution in [0.1, 0.15) is 64.1 Å². The minimum atomic E-state index is 0.246. The zero-order valence-corrected chi connectivity index (χ0v) is 14.5. The monoisotopic (exact) mass is 291 g/mol. The molecule has 0 aliphatic rings. The maximum Gasteiger partial charge on any atom is 0.0765 e. The normalized spacial score (nSPS) is 14.4. The molecule has 0 amide bonds. The van der Waals surface area contributed by atoms with Crippen LogP contribution in [0.2, 0.25) is 0 Å². The van der Waals surface area contributed by atoms with E-state index in [0.29, 0.717) is 12.0 Å². The van der Waals surface area contributed by atoms with E-state index in [2.05, 4.69) is 57.3 Å². The van der Waals surface area contributed by atoms with Gasteiger partial charge in [0.2, 0.25) is 0 Å². The number of hydrogen-bond acceptors (Lipinski definition) is 2. The van der Waals surface area contributed by atoms with Crippen molar-refractivity contribution in [3.8, 4) is 0 Å². The zero-order valence-electron chi connectivity index (χ0n) is 14.5. The molecule has 2 atom stereocenters. The Balaban J connectivity index is 2.95. The van der Waals surface area contributed by atoms with E-state index in [0.717, 1.165) is 32.2 Å². The summed E-state index contributed by atoms with van der Waals surface area (Å²) in [4.78, 5) is 0. The topological polar surface area (TPSA) is 21.3 Å². The fraction of sp³-hybridized carbons (Fsp3) is 0.684. The molecular weight excluding hydrogens is 258 g/mol. The Bertz CT molecular complexity index is 389. The summed E-state index contributed by atoms with van der Waals surface area (Å²) in [5, 5.41) is 3.68. The van der Waals surface area contributed by atoms with Crippen LogP contribution in [0.3, 0.4) is 0 Å². The Kier molecular flexibility index (Phi) is 8.63. The molecule has 2 nitrogen and oxygen atoms in total. The largest absolute Gasteiger partial charge is 0.379 e. The number of rotatable bonds is 10. The van der Waals surface area contributed by atoms with Crippen LogP contribution < -0.4 is 5.32 Å². The van der Waals surface area contributed by atoms with Crippen molar-refractivity contribution < 1.29 is 4.74 Å². The van der Waals surface area contributed by atoms with Crippen LogP contribution in [0.25, 0.3) is 0 Å². The Morgan fingerprint density at radius 1 is 1.14 bits per heavy atom. The van der Waals surface area contributed by atoms with E-state index < -0.39 is 0 Å². The Morgan fingerprint density at radius 3 is 2.48 bits per heavy atom. The van der Waals surface area contributed by atoms with Gasteiger partial charge in [-0.15, -0.1) is 0 Å². The summed E-state index contributed by atoms with van der Waals surface area (Å²) in [6.45, 7) is 10.0. The molecule has 1 rings (SSSR count). The van der Waals surface area contributed by atoms with Gasteiger partial charge in [-0.25, -0.2) is 0 Å². The van der Waals surface area contributed by atoms with Gasteiger partial charge in [0.25, 0.3) is 0 Å².